The van der Waals surface area contributed by atoms with E-state index in [1.165, 1.54) is 0 Å². The number of hydrogen-bond acceptors (Lipinski definition) is 14. The van der Waals surface area contributed by atoms with Gasteiger partial charge in [-0.1, -0.05) is 107 Å². The van der Waals surface area contributed by atoms with E-state index in [2.05, 4.69) is 30.4 Å². The lowest BCUT2D eigenvalue weighted by Gasteiger charge is -2.32. The van der Waals surface area contributed by atoms with Crippen LogP contribution >= 0.6 is 63.6 Å². The number of fused-ring (bicyclic) bond motifs is 2. The van der Waals surface area contributed by atoms with E-state index >= 15 is 0 Å². The van der Waals surface area contributed by atoms with E-state index in [1.807, 2.05) is 153 Å². The van der Waals surface area contributed by atoms with Crippen molar-refractivity contribution in [1.82, 2.24) is 0 Å². The maximum atomic E-state index is 7.44. The first-order valence-electron chi connectivity index (χ1n) is 30.7. The standard InChI is InChI=1S/C72H78Cl4O14P2/c1-65(2)66(3,4)78-61(77-65)49-37-43(73)27-33-53(49)85-91(86-54-34-28-44(74)38-50(54)62-79-67(5,6)68(7,8)80-62)89-57-31-25-41-21-17-19-23-47(41)59(57)60-48-24-20-18-22-42(48)26-32-58(60)90-92(87-55-35-29-45(75)39-51(55)63-81-69(9,10)70(11,12)82-63)88-56-36-30-46(76)40-52(56)64-83-71(13,14)72(15,16)84-64/h17-41,47,61-64H,1-16H3. The first-order chi connectivity index (χ1) is 43.1. The Bertz CT molecular complexity index is 3730. The zero-order chi connectivity index (χ0) is 65.9. The smallest absolute Gasteiger partial charge is 0.408 e. The van der Waals surface area contributed by atoms with Crippen molar-refractivity contribution in [2.24, 2.45) is 11.8 Å². The Morgan fingerprint density at radius 1 is 0.348 bits per heavy atom. The van der Waals surface area contributed by atoms with Gasteiger partial charge in [-0.3, -0.25) is 0 Å². The maximum Gasteiger partial charge on any atom is 0.530 e. The fraction of sp³-hybridized carbons (Fsp3) is 0.417. The molecule has 4 fully saturated rings. The highest BCUT2D eigenvalue weighted by Gasteiger charge is 2.54. The Hall–Kier alpha value is -4.96. The second-order valence-electron chi connectivity index (χ2n) is 27.7. The molecule has 92 heavy (non-hydrogen) atoms. The van der Waals surface area contributed by atoms with Gasteiger partial charge in [-0.15, -0.1) is 0 Å². The summed E-state index contributed by atoms with van der Waals surface area (Å²) in [4.78, 5) is 0. The summed E-state index contributed by atoms with van der Waals surface area (Å²) in [6, 6.07) is 33.1. The van der Waals surface area contributed by atoms with Gasteiger partial charge in [0.1, 0.15) is 34.5 Å². The lowest BCUT2D eigenvalue weighted by atomic mass is 9.75. The highest BCUT2D eigenvalue weighted by atomic mass is 35.5. The van der Waals surface area contributed by atoms with Crippen LogP contribution in [-0.4, -0.2) is 44.8 Å². The molecule has 2 aliphatic carbocycles. The zero-order valence-corrected chi connectivity index (χ0v) is 59.3. The second kappa shape index (κ2) is 24.6. The molecule has 0 saturated carbocycles. The van der Waals surface area contributed by atoms with E-state index in [0.29, 0.717) is 82.4 Å². The topological polar surface area (TPSA) is 129 Å². The molecule has 6 aliphatic rings. The van der Waals surface area contributed by atoms with Gasteiger partial charge in [0.15, 0.2) is 25.2 Å². The minimum atomic E-state index is -2.56. The molecule has 0 aromatic heterocycles. The molecule has 2 unspecified atom stereocenters. The van der Waals surface area contributed by atoms with Gasteiger partial charge in [0.2, 0.25) is 0 Å². The first kappa shape index (κ1) is 67.0. The lowest BCUT2D eigenvalue weighted by molar-refractivity contribution is -0.0910. The van der Waals surface area contributed by atoms with Crippen molar-refractivity contribution in [3.05, 3.63) is 199 Å². The average Bonchev–Trinajstić information content (AvgIpc) is 1.05. The van der Waals surface area contributed by atoms with Crippen molar-refractivity contribution in [1.29, 1.82) is 0 Å². The molecule has 4 saturated heterocycles. The Balaban J connectivity index is 1.02. The summed E-state index contributed by atoms with van der Waals surface area (Å²) in [7, 11) is -5.12. The SMILES string of the molecule is CC1(C)OC(c2cc(Cl)ccc2OP(OC2=C(c3c(OP(Oc4ccc(Cl)cc4C4OC(C)(C)C(C)(C)O4)Oc4ccc(Cl)cc4C4OC(C)(C)C(C)(C)O4)ccc4ccccc34)C3C=CC=CC3C=C2)Oc2ccc(Cl)cc2C2OC(C)(C)C(C)(C)O2)OC1(C)C. The van der Waals surface area contributed by atoms with Crippen molar-refractivity contribution < 1.29 is 65.0 Å². The van der Waals surface area contributed by atoms with Crippen molar-refractivity contribution in [3.8, 4) is 28.7 Å². The van der Waals surface area contributed by atoms with E-state index in [9.17, 15) is 0 Å². The van der Waals surface area contributed by atoms with Crippen LogP contribution < -0.4 is 22.6 Å². The number of rotatable bonds is 17. The minimum absolute atomic E-state index is 0.137. The highest BCUT2D eigenvalue weighted by Crippen LogP contribution is 2.59. The van der Waals surface area contributed by atoms with Gasteiger partial charge in [-0.05, 0) is 206 Å². The van der Waals surface area contributed by atoms with Gasteiger partial charge in [0, 0.05) is 43.1 Å². The molecule has 14 nitrogen and oxygen atoms in total. The van der Waals surface area contributed by atoms with Gasteiger partial charge in [-0.25, -0.2) is 0 Å². The van der Waals surface area contributed by atoms with Crippen LogP contribution in [0, 0.1) is 11.8 Å². The summed E-state index contributed by atoms with van der Waals surface area (Å²) in [5.74, 6) is 1.65. The molecule has 4 aliphatic heterocycles. The van der Waals surface area contributed by atoms with Crippen LogP contribution in [0.15, 0.2) is 151 Å². The van der Waals surface area contributed by atoms with Crippen LogP contribution in [-0.2, 0) is 42.4 Å². The van der Waals surface area contributed by atoms with Crippen LogP contribution in [0.2, 0.25) is 20.1 Å². The molecule has 0 bridgehead atoms. The summed E-state index contributed by atoms with van der Waals surface area (Å²) in [6.45, 7) is 31.8. The molecule has 0 amide bonds. The normalized spacial score (nSPS) is 23.4. The molecule has 0 radical (unpaired) electrons. The fourth-order valence-electron chi connectivity index (χ4n) is 11.1. The second-order valence-corrected chi connectivity index (χ2v) is 31.5. The van der Waals surface area contributed by atoms with Crippen molar-refractivity contribution in [2.45, 2.75) is 181 Å². The monoisotopic (exact) mass is 1370 g/mol. The van der Waals surface area contributed by atoms with Gasteiger partial charge in [0.05, 0.1) is 67.1 Å². The third kappa shape index (κ3) is 13.0. The van der Waals surface area contributed by atoms with E-state index < -0.39 is 87.2 Å². The lowest BCUT2D eigenvalue weighted by Crippen LogP contribution is -2.41. The molecule has 0 N–H and O–H groups in total. The largest absolute Gasteiger partial charge is 0.530 e. The molecule has 4 heterocycles. The third-order valence-corrected chi connectivity index (χ3v) is 22.4. The Labute approximate surface area is 562 Å². The zero-order valence-electron chi connectivity index (χ0n) is 54.4. The quantitative estimate of drug-likeness (QED) is 0.0803. The van der Waals surface area contributed by atoms with Gasteiger partial charge < -0.3 is 65.0 Å². The molecular weight excluding hydrogens is 1290 g/mol. The molecule has 0 spiro atoms. The average molecular weight is 1370 g/mol. The highest BCUT2D eigenvalue weighted by molar-refractivity contribution is 7.43. The summed E-state index contributed by atoms with van der Waals surface area (Å²) in [6.07, 6.45) is 8.88. The number of ether oxygens (including phenoxy) is 8. The van der Waals surface area contributed by atoms with Crippen LogP contribution in [0.4, 0.5) is 0 Å². The van der Waals surface area contributed by atoms with E-state index in [4.69, 9.17) is 111 Å². The van der Waals surface area contributed by atoms with Gasteiger partial charge in [0.25, 0.3) is 0 Å². The molecule has 6 aromatic rings. The van der Waals surface area contributed by atoms with E-state index in [0.717, 1.165) is 16.3 Å². The summed E-state index contributed by atoms with van der Waals surface area (Å²) in [5.41, 5.74) is -2.14. The molecular formula is C72H78Cl4O14P2. The molecule has 6 aromatic carbocycles. The Morgan fingerprint density at radius 2 is 0.663 bits per heavy atom. The van der Waals surface area contributed by atoms with Crippen molar-refractivity contribution in [3.63, 3.8) is 0 Å². The predicted octanol–water partition coefficient (Wildman–Crippen LogP) is 21.7. The number of allylic oxidation sites excluding steroid dienone is 7. The Kier molecular flexibility index (Phi) is 17.9. The van der Waals surface area contributed by atoms with E-state index in [-0.39, 0.29) is 11.8 Å². The van der Waals surface area contributed by atoms with Crippen molar-refractivity contribution in [2.75, 3.05) is 0 Å². The van der Waals surface area contributed by atoms with Crippen LogP contribution in [0.3, 0.4) is 0 Å². The van der Waals surface area contributed by atoms with E-state index in [1.54, 1.807) is 72.8 Å². The number of benzene rings is 6. The summed E-state index contributed by atoms with van der Waals surface area (Å²) in [5, 5.41) is 3.49. The minimum Gasteiger partial charge on any atom is -0.408 e. The van der Waals surface area contributed by atoms with Crippen molar-refractivity contribution >= 4 is 80.0 Å². The van der Waals surface area contributed by atoms with Crippen LogP contribution in [0.1, 0.15) is 164 Å². The summed E-state index contributed by atoms with van der Waals surface area (Å²) >= 11 is 27.3. The van der Waals surface area contributed by atoms with Gasteiger partial charge in [-0.2, -0.15) is 0 Å². The molecule has 488 valence electrons. The fourth-order valence-corrected chi connectivity index (χ4v) is 14.0. The number of hydrogen-bond donors (Lipinski definition) is 0. The molecule has 20 heteroatoms. The predicted molar refractivity (Wildman–Crippen MR) is 361 cm³/mol. The Morgan fingerprint density at radius 3 is 1.03 bits per heavy atom. The maximum absolute atomic E-state index is 7.44. The number of halogens is 4. The first-order valence-corrected chi connectivity index (χ1v) is 34.4. The van der Waals surface area contributed by atoms with Crippen LogP contribution in [0.25, 0.3) is 16.3 Å². The third-order valence-electron chi connectivity index (χ3n) is 19.4. The summed E-state index contributed by atoms with van der Waals surface area (Å²) < 4.78 is 96.7. The van der Waals surface area contributed by atoms with Crippen LogP contribution in [0.5, 0.6) is 28.7 Å². The molecule has 2 atom stereocenters. The van der Waals surface area contributed by atoms with Gasteiger partial charge >= 0.3 is 17.2 Å². The molecule has 12 rings (SSSR count).